The molecule has 0 aromatic carbocycles. The van der Waals surface area contributed by atoms with Gasteiger partial charge in [0, 0.05) is 12.6 Å². The number of aromatic amines is 1. The van der Waals surface area contributed by atoms with Crippen molar-refractivity contribution in [3.63, 3.8) is 0 Å². The van der Waals surface area contributed by atoms with E-state index in [1.165, 1.54) is 12.5 Å². The Morgan fingerprint density at radius 3 is 1.72 bits per heavy atom. The Bertz CT molecular complexity index is 1070. The molecule has 0 aliphatic heterocycles. The second-order valence-corrected chi connectivity index (χ2v) is 10.6. The summed E-state index contributed by atoms with van der Waals surface area (Å²) in [6, 6.07) is -3.72. The molecule has 19 nitrogen and oxygen atoms in total. The molecule has 4 unspecified atom stereocenters. The third-order valence-corrected chi connectivity index (χ3v) is 6.68. The number of carbonyl (C=O) groups is 6. The van der Waals surface area contributed by atoms with Gasteiger partial charge in [-0.3, -0.25) is 19.2 Å². The van der Waals surface area contributed by atoms with Crippen LogP contribution >= 0.6 is 0 Å². The molecule has 19 heteroatoms. The van der Waals surface area contributed by atoms with Crippen molar-refractivity contribution in [1.82, 2.24) is 31.2 Å². The van der Waals surface area contributed by atoms with Gasteiger partial charge in [-0.1, -0.05) is 6.42 Å². The SMILES string of the molecule is NCC(=O)NCC(=O)NC(Cc1c[nH]cn1)C(=O)O.NCCCCC(N)C(=O)NC(CCCCN)C(=O)NC(CCCCN)C(=O)O. The molecule has 0 aliphatic carbocycles. The number of carboxylic acid groups (broad SMARTS) is 2. The number of imidazole rings is 1. The minimum atomic E-state index is -1.18. The molecule has 1 aromatic heterocycles. The van der Waals surface area contributed by atoms with Gasteiger partial charge in [-0.05, 0) is 71.0 Å². The van der Waals surface area contributed by atoms with E-state index in [-0.39, 0.29) is 25.9 Å². The summed E-state index contributed by atoms with van der Waals surface area (Å²) < 4.78 is 0. The number of hydrogen-bond donors (Lipinski definition) is 12. The van der Waals surface area contributed by atoms with Crippen molar-refractivity contribution in [2.45, 2.75) is 88.4 Å². The van der Waals surface area contributed by atoms with Crippen LogP contribution in [0.4, 0.5) is 0 Å². The average molecular weight is 672 g/mol. The van der Waals surface area contributed by atoms with E-state index in [2.05, 4.69) is 31.2 Å². The van der Waals surface area contributed by atoms with Gasteiger partial charge in [0.05, 0.1) is 31.2 Å². The Balaban J connectivity index is 0.000000966. The lowest BCUT2D eigenvalue weighted by atomic mass is 10.0. The van der Waals surface area contributed by atoms with E-state index in [1.807, 2.05) is 0 Å². The van der Waals surface area contributed by atoms with Crippen LogP contribution in [-0.4, -0.2) is 113 Å². The number of nitrogens with one attached hydrogen (secondary N) is 5. The number of H-pyrrole nitrogens is 1. The zero-order chi connectivity index (χ0) is 35.6. The molecule has 0 saturated carbocycles. The van der Waals surface area contributed by atoms with Crippen LogP contribution in [0.2, 0.25) is 0 Å². The van der Waals surface area contributed by atoms with Crippen LogP contribution in [0.5, 0.6) is 0 Å². The summed E-state index contributed by atoms with van der Waals surface area (Å²) >= 11 is 0. The van der Waals surface area contributed by atoms with E-state index < -0.39 is 59.7 Å². The smallest absolute Gasteiger partial charge is 0.326 e. The third kappa shape index (κ3) is 20.5. The van der Waals surface area contributed by atoms with E-state index in [1.54, 1.807) is 0 Å². The van der Waals surface area contributed by atoms with Crippen molar-refractivity contribution >= 4 is 35.6 Å². The summed E-state index contributed by atoms with van der Waals surface area (Å²) in [7, 11) is 0. The Morgan fingerprint density at radius 2 is 1.23 bits per heavy atom. The molecule has 268 valence electrons. The van der Waals surface area contributed by atoms with E-state index in [9.17, 15) is 33.9 Å². The Hall–Kier alpha value is -4.17. The summed E-state index contributed by atoms with van der Waals surface area (Å²) in [5.41, 5.74) is 27.8. The van der Waals surface area contributed by atoms with Gasteiger partial charge in [0.15, 0.2) is 0 Å². The van der Waals surface area contributed by atoms with Crippen molar-refractivity contribution in [2.24, 2.45) is 28.7 Å². The standard InChI is InChI=1S/C18H38N6O4.C10H15N5O4/c19-10-4-1-7-13(22)16(25)23-14(8-2-5-11-20)17(26)24-15(18(27)28)9-3-6-12-21;11-2-8(16)13-4-9(17)15-7(10(18)19)1-6-3-12-5-14-6/h13-15H,1-12,19-22H2,(H,23,25)(H,24,26)(H,27,28);3,5,7H,1-2,4,11H2,(H,12,14)(H,13,16)(H,15,17)(H,18,19). The van der Waals surface area contributed by atoms with Gasteiger partial charge in [0.2, 0.25) is 23.6 Å². The molecule has 0 radical (unpaired) electrons. The van der Waals surface area contributed by atoms with Crippen LogP contribution < -0.4 is 49.9 Å². The molecule has 0 saturated heterocycles. The van der Waals surface area contributed by atoms with Crippen LogP contribution in [0.25, 0.3) is 0 Å². The fourth-order valence-corrected chi connectivity index (χ4v) is 4.01. The third-order valence-electron chi connectivity index (χ3n) is 6.68. The van der Waals surface area contributed by atoms with Crippen molar-refractivity contribution in [2.75, 3.05) is 32.7 Å². The molecule has 0 fully saturated rings. The maximum absolute atomic E-state index is 12.6. The zero-order valence-corrected chi connectivity index (χ0v) is 26.7. The van der Waals surface area contributed by atoms with Crippen molar-refractivity contribution in [3.05, 3.63) is 18.2 Å². The average Bonchev–Trinajstić information content (AvgIpc) is 3.55. The van der Waals surface area contributed by atoms with Gasteiger partial charge < -0.3 is 65.1 Å². The molecule has 1 heterocycles. The highest BCUT2D eigenvalue weighted by Crippen LogP contribution is 2.07. The van der Waals surface area contributed by atoms with Crippen LogP contribution in [0.3, 0.4) is 0 Å². The molecule has 17 N–H and O–H groups in total. The molecule has 4 atom stereocenters. The molecular weight excluding hydrogens is 618 g/mol. The Labute approximate surface area is 273 Å². The normalized spacial score (nSPS) is 13.1. The lowest BCUT2D eigenvalue weighted by molar-refractivity contribution is -0.142. The summed E-state index contributed by atoms with van der Waals surface area (Å²) in [5, 5.41) is 28.0. The number of aliphatic carboxylic acids is 2. The first kappa shape index (κ1) is 42.8. The van der Waals surface area contributed by atoms with Crippen LogP contribution in [-0.2, 0) is 35.2 Å². The molecular formula is C28H53N11O8. The van der Waals surface area contributed by atoms with Crippen LogP contribution in [0, 0.1) is 0 Å². The van der Waals surface area contributed by atoms with Crippen molar-refractivity contribution in [3.8, 4) is 0 Å². The summed E-state index contributed by atoms with van der Waals surface area (Å²) in [5.74, 6) is -4.35. The fourth-order valence-electron chi connectivity index (χ4n) is 4.01. The number of carbonyl (C=O) groups excluding carboxylic acids is 4. The van der Waals surface area contributed by atoms with E-state index in [0.29, 0.717) is 63.9 Å². The van der Waals surface area contributed by atoms with E-state index >= 15 is 0 Å². The van der Waals surface area contributed by atoms with Crippen molar-refractivity contribution in [1.29, 1.82) is 0 Å². The number of carboxylic acids is 2. The highest BCUT2D eigenvalue weighted by atomic mass is 16.4. The molecule has 1 rings (SSSR count). The predicted octanol–water partition coefficient (Wildman–Crippen LogP) is -3.65. The number of nitrogens with two attached hydrogens (primary N) is 5. The van der Waals surface area contributed by atoms with Gasteiger partial charge in [0.1, 0.15) is 18.1 Å². The monoisotopic (exact) mass is 671 g/mol. The molecule has 0 aliphatic rings. The first-order chi connectivity index (χ1) is 22.4. The Morgan fingerprint density at radius 1 is 0.702 bits per heavy atom. The highest BCUT2D eigenvalue weighted by molar-refractivity contribution is 5.91. The van der Waals surface area contributed by atoms with E-state index in [4.69, 9.17) is 33.8 Å². The predicted molar refractivity (Wildman–Crippen MR) is 172 cm³/mol. The summed E-state index contributed by atoms with van der Waals surface area (Å²) in [4.78, 5) is 76.2. The molecule has 1 aromatic rings. The van der Waals surface area contributed by atoms with E-state index in [0.717, 1.165) is 12.8 Å². The number of rotatable bonds is 24. The van der Waals surface area contributed by atoms with Gasteiger partial charge in [-0.15, -0.1) is 0 Å². The summed E-state index contributed by atoms with van der Waals surface area (Å²) in [6.07, 6.45) is 8.19. The fraction of sp³-hybridized carbons (Fsp3) is 0.679. The van der Waals surface area contributed by atoms with Crippen molar-refractivity contribution < 1.29 is 39.0 Å². The first-order valence-electron chi connectivity index (χ1n) is 15.6. The molecule has 4 amide bonds. The van der Waals surface area contributed by atoms with Crippen LogP contribution in [0.1, 0.15) is 63.5 Å². The topological polar surface area (TPSA) is 350 Å². The van der Waals surface area contributed by atoms with Crippen LogP contribution in [0.15, 0.2) is 12.5 Å². The molecule has 0 bridgehead atoms. The van der Waals surface area contributed by atoms with Gasteiger partial charge in [0.25, 0.3) is 0 Å². The largest absolute Gasteiger partial charge is 0.480 e. The van der Waals surface area contributed by atoms with Gasteiger partial charge in [-0.25, -0.2) is 14.6 Å². The minimum absolute atomic E-state index is 0.0510. The second-order valence-electron chi connectivity index (χ2n) is 10.6. The quantitative estimate of drug-likeness (QED) is 0.0472. The molecule has 47 heavy (non-hydrogen) atoms. The lowest BCUT2D eigenvalue weighted by Crippen LogP contribution is -2.54. The number of amides is 4. The number of nitrogens with zero attached hydrogens (tertiary/aromatic N) is 1. The lowest BCUT2D eigenvalue weighted by Gasteiger charge is -2.23. The number of aromatic nitrogens is 2. The number of unbranched alkanes of at least 4 members (excludes halogenated alkanes) is 3. The first-order valence-corrected chi connectivity index (χ1v) is 15.6. The second kappa shape index (κ2) is 26.0. The maximum atomic E-state index is 12.6. The molecule has 0 spiro atoms. The van der Waals surface area contributed by atoms with Gasteiger partial charge >= 0.3 is 11.9 Å². The minimum Gasteiger partial charge on any atom is -0.480 e. The Kier molecular flexibility index (Phi) is 23.7. The van der Waals surface area contributed by atoms with Gasteiger partial charge in [-0.2, -0.15) is 0 Å². The maximum Gasteiger partial charge on any atom is 0.326 e. The highest BCUT2D eigenvalue weighted by Gasteiger charge is 2.27. The number of hydrogen-bond acceptors (Lipinski definition) is 12. The zero-order valence-electron chi connectivity index (χ0n) is 26.7. The summed E-state index contributed by atoms with van der Waals surface area (Å²) in [6.45, 7) is 0.903.